The van der Waals surface area contributed by atoms with Crippen LogP contribution in [0.15, 0.2) is 188 Å². The predicted molar refractivity (Wildman–Crippen MR) is 262 cm³/mol. The average Bonchev–Trinajstić information content (AvgIpc) is 3.31. The van der Waals surface area contributed by atoms with Crippen molar-refractivity contribution in [2.75, 3.05) is 11.5 Å². The highest BCUT2D eigenvalue weighted by Gasteiger charge is 2.27. The molecule has 0 atom stereocenters. The van der Waals surface area contributed by atoms with Crippen LogP contribution in [0.3, 0.4) is 0 Å². The first kappa shape index (κ1) is 48.1. The SMILES string of the molecule is Cc1ccc(N=Nc2ccc3cc(S(=O)(=O)O)c(N=Nc4cccc(S(=O)(=O)c5cccc(N=Nc6c(S(=O)(=O)O)cc7cc(C)c(N=Nc8ccc(C)cc8)c(N)c7c6O)c5)c4)c(O)c3c2N)cc1. The summed E-state index contributed by atoms with van der Waals surface area (Å²) in [5.41, 5.74) is 14.8. The number of phenols is 2. The Morgan fingerprint density at radius 1 is 0.429 bits per heavy atom. The molecule has 23 heteroatoms. The molecule has 0 saturated heterocycles. The molecule has 0 fully saturated rings. The lowest BCUT2D eigenvalue weighted by molar-refractivity contribution is 0.472. The first-order chi connectivity index (χ1) is 33.1. The number of anilines is 2. The highest BCUT2D eigenvalue weighted by Crippen LogP contribution is 2.48. The molecule has 0 aliphatic carbocycles. The van der Waals surface area contributed by atoms with E-state index in [0.717, 1.165) is 35.4 Å². The lowest BCUT2D eigenvalue weighted by Crippen LogP contribution is -2.01. The van der Waals surface area contributed by atoms with E-state index < -0.39 is 62.7 Å². The quantitative estimate of drug-likeness (QED) is 0.0378. The number of fused-ring (bicyclic) bond motifs is 2. The monoisotopic (exact) mass is 998 g/mol. The summed E-state index contributed by atoms with van der Waals surface area (Å²) in [5.74, 6) is -1.56. The Kier molecular flexibility index (Phi) is 12.8. The molecule has 0 amide bonds. The van der Waals surface area contributed by atoms with E-state index in [1.54, 1.807) is 31.2 Å². The number of benzene rings is 8. The van der Waals surface area contributed by atoms with Crippen molar-refractivity contribution in [2.24, 2.45) is 40.9 Å². The number of hydrogen-bond acceptors (Lipinski definition) is 18. The zero-order valence-electron chi connectivity index (χ0n) is 36.8. The Morgan fingerprint density at radius 2 is 0.857 bits per heavy atom. The Morgan fingerprint density at radius 3 is 1.34 bits per heavy atom. The highest BCUT2D eigenvalue weighted by atomic mass is 32.2. The van der Waals surface area contributed by atoms with Gasteiger partial charge in [-0.05, 0) is 122 Å². The molecule has 8 aromatic rings. The molecule has 0 aromatic heterocycles. The van der Waals surface area contributed by atoms with Crippen molar-refractivity contribution in [1.82, 2.24) is 0 Å². The molecule has 0 saturated carbocycles. The Hall–Kier alpha value is -8.35. The molecule has 354 valence electrons. The number of nitrogen functional groups attached to an aromatic ring is 2. The van der Waals surface area contributed by atoms with Gasteiger partial charge in [0.05, 0.1) is 54.7 Å². The zero-order chi connectivity index (χ0) is 50.3. The molecule has 70 heavy (non-hydrogen) atoms. The number of aryl methyl sites for hydroxylation is 3. The molecule has 0 heterocycles. The van der Waals surface area contributed by atoms with Gasteiger partial charge >= 0.3 is 0 Å². The van der Waals surface area contributed by atoms with Crippen LogP contribution in [0.1, 0.15) is 16.7 Å². The van der Waals surface area contributed by atoms with E-state index in [1.165, 1.54) is 54.6 Å². The molecule has 0 spiro atoms. The fraction of sp³-hybridized carbons (Fsp3) is 0.0638. The second-order valence-electron chi connectivity index (χ2n) is 15.7. The lowest BCUT2D eigenvalue weighted by atomic mass is 10.0. The van der Waals surface area contributed by atoms with E-state index in [1.807, 2.05) is 38.1 Å². The number of rotatable bonds is 12. The van der Waals surface area contributed by atoms with Crippen LogP contribution in [0, 0.1) is 20.8 Å². The van der Waals surface area contributed by atoms with Crippen molar-refractivity contribution in [3.05, 3.63) is 144 Å². The largest absolute Gasteiger partial charge is 0.505 e. The molecule has 8 aromatic carbocycles. The van der Waals surface area contributed by atoms with Crippen LogP contribution in [0.2, 0.25) is 0 Å². The van der Waals surface area contributed by atoms with E-state index in [9.17, 15) is 44.6 Å². The van der Waals surface area contributed by atoms with E-state index in [-0.39, 0.29) is 65.5 Å². The van der Waals surface area contributed by atoms with Crippen LogP contribution in [0.25, 0.3) is 21.5 Å². The van der Waals surface area contributed by atoms with E-state index in [4.69, 9.17) is 11.5 Å². The fourth-order valence-electron chi connectivity index (χ4n) is 7.16. The second kappa shape index (κ2) is 18.6. The average molecular weight is 999 g/mol. The van der Waals surface area contributed by atoms with Gasteiger partial charge in [-0.25, -0.2) is 8.42 Å². The summed E-state index contributed by atoms with van der Waals surface area (Å²) in [6, 6.07) is 30.7. The topological polar surface area (TPSA) is 334 Å². The number of azo groups is 4. The van der Waals surface area contributed by atoms with Crippen molar-refractivity contribution >= 4 is 108 Å². The van der Waals surface area contributed by atoms with Crippen LogP contribution >= 0.6 is 0 Å². The van der Waals surface area contributed by atoms with Gasteiger partial charge in [-0.15, -0.1) is 20.5 Å². The molecule has 0 bridgehead atoms. The van der Waals surface area contributed by atoms with Gasteiger partial charge in [0.1, 0.15) is 32.5 Å². The van der Waals surface area contributed by atoms with Gasteiger partial charge in [-0.1, -0.05) is 53.6 Å². The molecule has 0 radical (unpaired) electrons. The van der Waals surface area contributed by atoms with Crippen LogP contribution in [-0.2, 0) is 30.1 Å². The third-order valence-electron chi connectivity index (χ3n) is 10.7. The van der Waals surface area contributed by atoms with Crippen molar-refractivity contribution < 1.29 is 44.6 Å². The van der Waals surface area contributed by atoms with E-state index in [2.05, 4.69) is 40.9 Å². The summed E-state index contributed by atoms with van der Waals surface area (Å²) < 4.78 is 98.8. The maximum absolute atomic E-state index is 14.0. The Labute approximate surface area is 399 Å². The Bertz CT molecular complexity index is 3920. The van der Waals surface area contributed by atoms with Gasteiger partial charge in [0.2, 0.25) is 9.84 Å². The third-order valence-corrected chi connectivity index (χ3v) is 14.2. The number of sulfone groups is 1. The van der Waals surface area contributed by atoms with Gasteiger partial charge in [-0.2, -0.15) is 37.3 Å². The summed E-state index contributed by atoms with van der Waals surface area (Å²) in [7, 11) is -14.5. The minimum Gasteiger partial charge on any atom is -0.505 e. The first-order valence-electron chi connectivity index (χ1n) is 20.5. The van der Waals surface area contributed by atoms with Crippen LogP contribution in [0.4, 0.5) is 56.9 Å². The van der Waals surface area contributed by atoms with Crippen molar-refractivity contribution in [1.29, 1.82) is 0 Å². The molecule has 0 aliphatic heterocycles. The number of aromatic hydroxyl groups is 2. The van der Waals surface area contributed by atoms with Gasteiger partial charge in [0.15, 0.2) is 11.5 Å². The van der Waals surface area contributed by atoms with E-state index in [0.29, 0.717) is 16.9 Å². The van der Waals surface area contributed by atoms with Crippen molar-refractivity contribution in [3.8, 4) is 11.5 Å². The van der Waals surface area contributed by atoms with Crippen LogP contribution in [0.5, 0.6) is 11.5 Å². The summed E-state index contributed by atoms with van der Waals surface area (Å²) in [5, 5.41) is 55.7. The maximum Gasteiger partial charge on any atom is 0.296 e. The van der Waals surface area contributed by atoms with Gasteiger partial charge in [0.25, 0.3) is 20.2 Å². The number of phenolic OH excluding ortho intramolecular Hbond substituents is 2. The van der Waals surface area contributed by atoms with Gasteiger partial charge in [-0.3, -0.25) is 9.11 Å². The molecule has 0 unspecified atom stereocenters. The predicted octanol–water partition coefficient (Wildman–Crippen LogP) is 12.5. The molecular formula is C47H38N10O10S3. The number of nitrogens with zero attached hydrogens (tertiary/aromatic N) is 8. The standard InChI is InChI=1S/C47H38N10O10S3/c1-25-10-15-30(16-11-25)50-54-36-19-14-28-21-37(69(62,63)64)44(46(58)39(28)41(36)48)56-52-32-6-4-8-34(23-32)68(60,61)35-9-5-7-33(24-35)53-57-45-38(70(65,66)67)22-29-20-27(3)43(42(49)40(29)47(45)59)55-51-31-17-12-26(2)13-18-31/h4-24,58-59H,48-49H2,1-3H3,(H,62,63,64)(H,65,66,67). The van der Waals surface area contributed by atoms with Crippen molar-refractivity contribution in [3.63, 3.8) is 0 Å². The smallest absolute Gasteiger partial charge is 0.296 e. The minimum atomic E-state index is -5.05. The third kappa shape index (κ3) is 9.81. The van der Waals surface area contributed by atoms with Gasteiger partial charge in [0, 0.05) is 0 Å². The van der Waals surface area contributed by atoms with Crippen molar-refractivity contribution in [2.45, 2.75) is 40.4 Å². The summed E-state index contributed by atoms with van der Waals surface area (Å²) >= 11 is 0. The number of nitrogens with two attached hydrogens (primary N) is 2. The Balaban J connectivity index is 1.12. The summed E-state index contributed by atoms with van der Waals surface area (Å²) in [4.78, 5) is -2.30. The molecule has 20 nitrogen and oxygen atoms in total. The fourth-order valence-corrected chi connectivity index (χ4v) is 9.82. The molecule has 8 rings (SSSR count). The summed E-state index contributed by atoms with van der Waals surface area (Å²) in [6.45, 7) is 5.47. The lowest BCUT2D eigenvalue weighted by Gasteiger charge is -2.13. The second-order valence-corrected chi connectivity index (χ2v) is 20.4. The van der Waals surface area contributed by atoms with Gasteiger partial charge < -0.3 is 21.7 Å². The number of hydrogen-bond donors (Lipinski definition) is 6. The van der Waals surface area contributed by atoms with Crippen LogP contribution in [-0.4, -0.2) is 44.6 Å². The molecule has 8 N–H and O–H groups in total. The highest BCUT2D eigenvalue weighted by molar-refractivity contribution is 7.91. The zero-order valence-corrected chi connectivity index (χ0v) is 39.3. The maximum atomic E-state index is 14.0. The van der Waals surface area contributed by atoms with E-state index >= 15 is 0 Å². The minimum absolute atomic E-state index is 0.0710. The summed E-state index contributed by atoms with van der Waals surface area (Å²) in [6.07, 6.45) is 0. The van der Waals surface area contributed by atoms with Crippen LogP contribution < -0.4 is 11.5 Å². The first-order valence-corrected chi connectivity index (χ1v) is 24.8. The molecule has 0 aliphatic rings. The molecular weight excluding hydrogens is 961 g/mol. The normalized spacial score (nSPS) is 12.7.